The Hall–Kier alpha value is -2.96. The van der Waals surface area contributed by atoms with Crippen molar-refractivity contribution in [2.24, 2.45) is 0 Å². The third-order valence-electron chi connectivity index (χ3n) is 2.76. The quantitative estimate of drug-likeness (QED) is 0.368. The van der Waals surface area contributed by atoms with Gasteiger partial charge in [-0.1, -0.05) is 0 Å². The second-order valence-corrected chi connectivity index (χ2v) is 3.87. The number of methoxy groups -OCH3 is 1. The first-order valence-electron chi connectivity index (χ1n) is 5.58. The highest BCUT2D eigenvalue weighted by molar-refractivity contribution is 5.94. The molecule has 20 heavy (non-hydrogen) atoms. The Kier molecular flexibility index (Phi) is 3.60. The number of hydrogen-bond acceptors (Lipinski definition) is 5. The SMILES string of the molecule is COC(=O)c1cc([N+](=O)[O-])ccc1-n1cccc1C=O. The van der Waals surface area contributed by atoms with Crippen molar-refractivity contribution in [3.05, 3.63) is 57.9 Å². The lowest BCUT2D eigenvalue weighted by Crippen LogP contribution is -2.09. The highest BCUT2D eigenvalue weighted by atomic mass is 16.6. The van der Waals surface area contributed by atoms with Crippen LogP contribution in [0.2, 0.25) is 0 Å². The van der Waals surface area contributed by atoms with Crippen LogP contribution in [0.5, 0.6) is 0 Å². The Bertz CT molecular complexity index is 690. The molecule has 0 amide bonds. The predicted molar refractivity (Wildman–Crippen MR) is 69.2 cm³/mol. The molecule has 0 N–H and O–H groups in total. The lowest BCUT2D eigenvalue weighted by molar-refractivity contribution is -0.384. The summed E-state index contributed by atoms with van der Waals surface area (Å²) < 4.78 is 6.08. The van der Waals surface area contributed by atoms with E-state index in [2.05, 4.69) is 4.74 Å². The molecule has 0 atom stereocenters. The van der Waals surface area contributed by atoms with Crippen LogP contribution in [-0.2, 0) is 4.74 Å². The van der Waals surface area contributed by atoms with Crippen molar-refractivity contribution in [1.29, 1.82) is 0 Å². The van der Waals surface area contributed by atoms with Crippen LogP contribution in [0.4, 0.5) is 5.69 Å². The molecule has 0 saturated carbocycles. The molecule has 0 aliphatic heterocycles. The van der Waals surface area contributed by atoms with Gasteiger partial charge in [0.2, 0.25) is 0 Å². The molecule has 102 valence electrons. The largest absolute Gasteiger partial charge is 0.465 e. The van der Waals surface area contributed by atoms with Crippen molar-refractivity contribution < 1.29 is 19.2 Å². The summed E-state index contributed by atoms with van der Waals surface area (Å²) in [5, 5.41) is 10.8. The number of non-ortho nitro benzene ring substituents is 1. The van der Waals surface area contributed by atoms with E-state index in [0.29, 0.717) is 17.7 Å². The number of ether oxygens (including phenoxy) is 1. The minimum atomic E-state index is -0.714. The number of nitro groups is 1. The van der Waals surface area contributed by atoms with Gasteiger partial charge in [0.15, 0.2) is 6.29 Å². The molecule has 2 rings (SSSR count). The predicted octanol–water partition coefficient (Wildman–Crippen LogP) is 1.98. The van der Waals surface area contributed by atoms with Crippen LogP contribution in [-0.4, -0.2) is 28.9 Å². The molecule has 0 radical (unpaired) electrons. The molecule has 0 saturated heterocycles. The van der Waals surface area contributed by atoms with Gasteiger partial charge in [0, 0.05) is 18.3 Å². The standard InChI is InChI=1S/C13H10N2O5/c1-20-13(17)11-7-9(15(18)19)4-5-12(11)14-6-2-3-10(14)8-16/h2-8H,1H3. The maximum Gasteiger partial charge on any atom is 0.340 e. The lowest BCUT2D eigenvalue weighted by atomic mass is 10.1. The van der Waals surface area contributed by atoms with Crippen molar-refractivity contribution in [3.8, 4) is 5.69 Å². The van der Waals surface area contributed by atoms with E-state index in [-0.39, 0.29) is 11.3 Å². The van der Waals surface area contributed by atoms with Crippen LogP contribution in [0.1, 0.15) is 20.8 Å². The number of nitrogens with zero attached hydrogens (tertiary/aromatic N) is 2. The van der Waals surface area contributed by atoms with Crippen molar-refractivity contribution in [2.45, 2.75) is 0 Å². The van der Waals surface area contributed by atoms with Gasteiger partial charge in [0.1, 0.15) is 0 Å². The molecular weight excluding hydrogens is 264 g/mol. The maximum atomic E-state index is 11.8. The number of nitro benzene ring substituents is 1. The van der Waals surface area contributed by atoms with Gasteiger partial charge in [-0.15, -0.1) is 0 Å². The molecule has 0 aliphatic carbocycles. The van der Waals surface area contributed by atoms with Crippen molar-refractivity contribution >= 4 is 17.9 Å². The van der Waals surface area contributed by atoms with Gasteiger partial charge in [-0.3, -0.25) is 14.9 Å². The van der Waals surface area contributed by atoms with Crippen LogP contribution in [0, 0.1) is 10.1 Å². The van der Waals surface area contributed by atoms with E-state index in [9.17, 15) is 19.7 Å². The van der Waals surface area contributed by atoms with Gasteiger partial charge in [-0.25, -0.2) is 4.79 Å². The van der Waals surface area contributed by atoms with E-state index >= 15 is 0 Å². The summed E-state index contributed by atoms with van der Waals surface area (Å²) in [6.45, 7) is 0. The Labute approximate surface area is 113 Å². The topological polar surface area (TPSA) is 91.4 Å². The van der Waals surface area contributed by atoms with Gasteiger partial charge < -0.3 is 9.30 Å². The zero-order valence-corrected chi connectivity index (χ0v) is 10.5. The van der Waals surface area contributed by atoms with E-state index < -0.39 is 10.9 Å². The summed E-state index contributed by atoms with van der Waals surface area (Å²) in [6, 6.07) is 6.98. The molecule has 7 heteroatoms. The normalized spacial score (nSPS) is 10.1. The molecule has 0 aliphatic rings. The fourth-order valence-corrected chi connectivity index (χ4v) is 1.83. The first-order chi connectivity index (χ1) is 9.58. The van der Waals surface area contributed by atoms with Crippen LogP contribution in [0.15, 0.2) is 36.5 Å². The second kappa shape index (κ2) is 5.35. The summed E-state index contributed by atoms with van der Waals surface area (Å²) >= 11 is 0. The highest BCUT2D eigenvalue weighted by Crippen LogP contribution is 2.23. The zero-order valence-electron chi connectivity index (χ0n) is 10.5. The smallest absolute Gasteiger partial charge is 0.340 e. The number of aromatic nitrogens is 1. The number of carbonyl (C=O) groups excluding carboxylic acids is 2. The molecule has 0 unspecified atom stereocenters. The summed E-state index contributed by atoms with van der Waals surface area (Å²) in [5.41, 5.74) is 0.452. The zero-order chi connectivity index (χ0) is 14.7. The summed E-state index contributed by atoms with van der Waals surface area (Å²) in [4.78, 5) is 32.9. The monoisotopic (exact) mass is 274 g/mol. The average molecular weight is 274 g/mol. The molecular formula is C13H10N2O5. The van der Waals surface area contributed by atoms with Gasteiger partial charge in [-0.2, -0.15) is 0 Å². The van der Waals surface area contributed by atoms with Crippen LogP contribution in [0.25, 0.3) is 5.69 Å². The molecule has 1 heterocycles. The third-order valence-corrected chi connectivity index (χ3v) is 2.76. The Morgan fingerprint density at radius 3 is 2.75 bits per heavy atom. The minimum Gasteiger partial charge on any atom is -0.465 e. The van der Waals surface area contributed by atoms with Crippen LogP contribution < -0.4 is 0 Å². The Morgan fingerprint density at radius 1 is 1.40 bits per heavy atom. The van der Waals surface area contributed by atoms with E-state index in [4.69, 9.17) is 0 Å². The molecule has 0 bridgehead atoms. The fourth-order valence-electron chi connectivity index (χ4n) is 1.83. The Morgan fingerprint density at radius 2 is 2.15 bits per heavy atom. The van der Waals surface area contributed by atoms with E-state index in [0.717, 1.165) is 6.07 Å². The molecule has 1 aromatic carbocycles. The number of esters is 1. The molecule has 0 fully saturated rings. The van der Waals surface area contributed by atoms with E-state index in [1.54, 1.807) is 18.3 Å². The highest BCUT2D eigenvalue weighted by Gasteiger charge is 2.19. The maximum absolute atomic E-state index is 11.8. The number of benzene rings is 1. The molecule has 0 spiro atoms. The van der Waals surface area contributed by atoms with Crippen molar-refractivity contribution in [2.75, 3.05) is 7.11 Å². The average Bonchev–Trinajstić information content (AvgIpc) is 2.93. The van der Waals surface area contributed by atoms with Crippen LogP contribution >= 0.6 is 0 Å². The molecule has 2 aromatic rings. The van der Waals surface area contributed by atoms with E-state index in [1.165, 1.54) is 23.8 Å². The molecule has 1 aromatic heterocycles. The van der Waals surface area contributed by atoms with Gasteiger partial charge in [-0.05, 0) is 18.2 Å². The fraction of sp³-hybridized carbons (Fsp3) is 0.0769. The van der Waals surface area contributed by atoms with Crippen molar-refractivity contribution in [1.82, 2.24) is 4.57 Å². The Balaban J connectivity index is 2.66. The van der Waals surface area contributed by atoms with Crippen LogP contribution in [0.3, 0.4) is 0 Å². The van der Waals surface area contributed by atoms with Gasteiger partial charge >= 0.3 is 5.97 Å². The first kappa shape index (κ1) is 13.5. The minimum absolute atomic E-state index is 0.0148. The van der Waals surface area contributed by atoms with Gasteiger partial charge in [0.05, 0.1) is 29.0 Å². The first-order valence-corrected chi connectivity index (χ1v) is 5.58. The van der Waals surface area contributed by atoms with E-state index in [1.807, 2.05) is 0 Å². The summed E-state index contributed by atoms with van der Waals surface area (Å²) in [6.07, 6.45) is 2.21. The summed E-state index contributed by atoms with van der Waals surface area (Å²) in [5.74, 6) is -0.714. The third kappa shape index (κ3) is 2.28. The summed E-state index contributed by atoms with van der Waals surface area (Å²) in [7, 11) is 1.18. The molecule has 7 nitrogen and oxygen atoms in total. The van der Waals surface area contributed by atoms with Crippen molar-refractivity contribution in [3.63, 3.8) is 0 Å². The van der Waals surface area contributed by atoms with Gasteiger partial charge in [0.25, 0.3) is 5.69 Å². The number of aldehydes is 1. The number of carbonyl (C=O) groups is 2. The number of hydrogen-bond donors (Lipinski definition) is 0. The lowest BCUT2D eigenvalue weighted by Gasteiger charge is -2.10. The number of rotatable bonds is 4. The second-order valence-electron chi connectivity index (χ2n) is 3.87.